The molecule has 2 aromatic carbocycles. The highest BCUT2D eigenvalue weighted by Crippen LogP contribution is 2.31. The third-order valence-corrected chi connectivity index (χ3v) is 3.57. The van der Waals surface area contributed by atoms with Gasteiger partial charge in [-0.05, 0) is 42.3 Å². The summed E-state index contributed by atoms with van der Waals surface area (Å²) in [6.07, 6.45) is 0.866. The summed E-state index contributed by atoms with van der Waals surface area (Å²) in [5, 5.41) is 0. The van der Waals surface area contributed by atoms with E-state index in [0.717, 1.165) is 17.7 Å². The number of nitrogens with two attached hydrogens (primary N) is 1. The second kappa shape index (κ2) is 4.89. The van der Waals surface area contributed by atoms with E-state index < -0.39 is 0 Å². The highest BCUT2D eigenvalue weighted by molar-refractivity contribution is 6.07. The summed E-state index contributed by atoms with van der Waals surface area (Å²) in [6.45, 7) is 0.689. The van der Waals surface area contributed by atoms with Gasteiger partial charge >= 0.3 is 0 Å². The molecule has 0 atom stereocenters. The molecule has 1 aliphatic heterocycles. The Bertz CT molecular complexity index is 667. The number of methoxy groups -OCH3 is 1. The van der Waals surface area contributed by atoms with Crippen LogP contribution < -0.4 is 15.4 Å². The van der Waals surface area contributed by atoms with Crippen LogP contribution in [-0.4, -0.2) is 19.6 Å². The average molecular weight is 268 g/mol. The number of hydrogen-bond acceptors (Lipinski definition) is 3. The highest BCUT2D eigenvalue weighted by Gasteiger charge is 2.25. The van der Waals surface area contributed by atoms with Crippen molar-refractivity contribution in [1.29, 1.82) is 0 Å². The molecule has 2 N–H and O–H groups in total. The van der Waals surface area contributed by atoms with Crippen molar-refractivity contribution in [3.8, 4) is 5.75 Å². The van der Waals surface area contributed by atoms with Gasteiger partial charge in [0.05, 0.1) is 7.11 Å². The van der Waals surface area contributed by atoms with Crippen molar-refractivity contribution in [2.75, 3.05) is 24.3 Å². The van der Waals surface area contributed by atoms with E-state index in [-0.39, 0.29) is 5.91 Å². The quantitative estimate of drug-likeness (QED) is 0.851. The minimum absolute atomic E-state index is 0.0201. The lowest BCUT2D eigenvalue weighted by atomic mass is 10.1. The molecule has 0 bridgehead atoms. The van der Waals surface area contributed by atoms with Crippen molar-refractivity contribution in [3.63, 3.8) is 0 Å². The van der Waals surface area contributed by atoms with Gasteiger partial charge in [-0.15, -0.1) is 0 Å². The lowest BCUT2D eigenvalue weighted by Gasteiger charge is -2.18. The lowest BCUT2D eigenvalue weighted by molar-refractivity contribution is 0.0989. The molecule has 102 valence electrons. The Balaban J connectivity index is 1.95. The van der Waals surface area contributed by atoms with Gasteiger partial charge in [0.15, 0.2) is 0 Å². The number of anilines is 2. The minimum Gasteiger partial charge on any atom is -0.497 e. The number of hydrogen-bond donors (Lipinski definition) is 1. The number of amides is 1. The van der Waals surface area contributed by atoms with Crippen LogP contribution in [0.2, 0.25) is 0 Å². The summed E-state index contributed by atoms with van der Waals surface area (Å²) in [5.41, 5.74) is 9.20. The molecular weight excluding hydrogens is 252 g/mol. The monoisotopic (exact) mass is 268 g/mol. The first-order valence-electron chi connectivity index (χ1n) is 6.53. The van der Waals surface area contributed by atoms with E-state index in [9.17, 15) is 4.79 Å². The predicted octanol–water partition coefficient (Wildman–Crippen LogP) is 2.48. The zero-order chi connectivity index (χ0) is 14.1. The van der Waals surface area contributed by atoms with Crippen molar-refractivity contribution < 1.29 is 9.53 Å². The molecule has 4 nitrogen and oxygen atoms in total. The van der Waals surface area contributed by atoms with Crippen LogP contribution in [0, 0.1) is 0 Å². The Hall–Kier alpha value is -2.49. The smallest absolute Gasteiger partial charge is 0.258 e. The summed E-state index contributed by atoms with van der Waals surface area (Å²) in [6, 6.07) is 12.9. The molecule has 0 aromatic heterocycles. The van der Waals surface area contributed by atoms with Crippen LogP contribution in [-0.2, 0) is 6.42 Å². The molecule has 20 heavy (non-hydrogen) atoms. The molecule has 0 saturated carbocycles. The molecule has 1 amide bonds. The van der Waals surface area contributed by atoms with E-state index in [1.54, 1.807) is 24.1 Å². The average Bonchev–Trinajstić information content (AvgIpc) is 2.89. The number of rotatable bonds is 2. The third-order valence-electron chi connectivity index (χ3n) is 3.57. The summed E-state index contributed by atoms with van der Waals surface area (Å²) in [7, 11) is 1.59. The normalized spacial score (nSPS) is 13.2. The van der Waals surface area contributed by atoms with Crippen LogP contribution in [0.15, 0.2) is 42.5 Å². The van der Waals surface area contributed by atoms with Crippen LogP contribution in [0.1, 0.15) is 15.9 Å². The van der Waals surface area contributed by atoms with E-state index >= 15 is 0 Å². The molecule has 1 heterocycles. The Morgan fingerprint density at radius 1 is 1.25 bits per heavy atom. The maximum Gasteiger partial charge on any atom is 0.258 e. The minimum atomic E-state index is -0.0201. The Labute approximate surface area is 117 Å². The third kappa shape index (κ3) is 2.09. The van der Waals surface area contributed by atoms with Crippen molar-refractivity contribution in [2.45, 2.75) is 6.42 Å². The summed E-state index contributed by atoms with van der Waals surface area (Å²) in [4.78, 5) is 14.4. The maximum atomic E-state index is 12.6. The first-order chi connectivity index (χ1) is 9.69. The molecule has 0 saturated heterocycles. The highest BCUT2D eigenvalue weighted by atomic mass is 16.5. The zero-order valence-corrected chi connectivity index (χ0v) is 11.3. The van der Waals surface area contributed by atoms with Gasteiger partial charge in [-0.25, -0.2) is 0 Å². The maximum absolute atomic E-state index is 12.6. The zero-order valence-electron chi connectivity index (χ0n) is 11.3. The molecule has 0 unspecified atom stereocenters. The SMILES string of the molecule is COc1cccc(C(=O)N2CCc3ccc(N)cc32)c1. The van der Waals surface area contributed by atoms with Gasteiger partial charge in [-0.3, -0.25) is 4.79 Å². The fourth-order valence-electron chi connectivity index (χ4n) is 2.52. The van der Waals surface area contributed by atoms with Crippen molar-refractivity contribution in [1.82, 2.24) is 0 Å². The van der Waals surface area contributed by atoms with E-state index in [4.69, 9.17) is 10.5 Å². The van der Waals surface area contributed by atoms with Crippen molar-refractivity contribution >= 4 is 17.3 Å². The number of carbonyl (C=O) groups is 1. The van der Waals surface area contributed by atoms with Gasteiger partial charge in [0, 0.05) is 23.5 Å². The first kappa shape index (κ1) is 12.5. The van der Waals surface area contributed by atoms with Crippen molar-refractivity contribution in [3.05, 3.63) is 53.6 Å². The van der Waals surface area contributed by atoms with Gasteiger partial charge in [-0.1, -0.05) is 12.1 Å². The van der Waals surface area contributed by atoms with Crippen LogP contribution in [0.25, 0.3) is 0 Å². The van der Waals surface area contributed by atoms with Crippen LogP contribution in [0.5, 0.6) is 5.75 Å². The number of nitrogen functional groups attached to an aromatic ring is 1. The second-order valence-electron chi connectivity index (χ2n) is 4.83. The lowest BCUT2D eigenvalue weighted by Crippen LogP contribution is -2.28. The molecule has 0 aliphatic carbocycles. The molecule has 1 aliphatic rings. The van der Waals surface area contributed by atoms with Gasteiger partial charge in [0.25, 0.3) is 5.91 Å². The van der Waals surface area contributed by atoms with E-state index in [0.29, 0.717) is 23.5 Å². The Morgan fingerprint density at radius 2 is 2.10 bits per heavy atom. The number of fused-ring (bicyclic) bond motifs is 1. The fourth-order valence-corrected chi connectivity index (χ4v) is 2.52. The first-order valence-corrected chi connectivity index (χ1v) is 6.53. The molecule has 0 fully saturated rings. The second-order valence-corrected chi connectivity index (χ2v) is 4.83. The summed E-state index contributed by atoms with van der Waals surface area (Å²) in [5.74, 6) is 0.663. The summed E-state index contributed by atoms with van der Waals surface area (Å²) >= 11 is 0. The van der Waals surface area contributed by atoms with Crippen LogP contribution >= 0.6 is 0 Å². The molecule has 3 rings (SSSR count). The van der Waals surface area contributed by atoms with Crippen LogP contribution in [0.3, 0.4) is 0 Å². The van der Waals surface area contributed by atoms with E-state index in [2.05, 4.69) is 0 Å². The molecule has 0 spiro atoms. The number of benzene rings is 2. The number of nitrogens with zero attached hydrogens (tertiary/aromatic N) is 1. The molecule has 2 aromatic rings. The topological polar surface area (TPSA) is 55.6 Å². The largest absolute Gasteiger partial charge is 0.497 e. The molecule has 4 heteroatoms. The Morgan fingerprint density at radius 3 is 2.90 bits per heavy atom. The Kier molecular flexibility index (Phi) is 3.06. The van der Waals surface area contributed by atoms with E-state index in [1.807, 2.05) is 30.3 Å². The molecular formula is C16H16N2O2. The van der Waals surface area contributed by atoms with Gasteiger partial charge in [0.1, 0.15) is 5.75 Å². The van der Waals surface area contributed by atoms with Crippen molar-refractivity contribution in [2.24, 2.45) is 0 Å². The fraction of sp³-hybridized carbons (Fsp3) is 0.188. The van der Waals surface area contributed by atoms with Gasteiger partial charge in [-0.2, -0.15) is 0 Å². The predicted molar refractivity (Wildman–Crippen MR) is 79.2 cm³/mol. The van der Waals surface area contributed by atoms with Crippen LogP contribution in [0.4, 0.5) is 11.4 Å². The number of carbonyl (C=O) groups excluding carboxylic acids is 1. The standard InChI is InChI=1S/C16H16N2O2/c1-20-14-4-2-3-12(9-14)16(19)18-8-7-11-5-6-13(17)10-15(11)18/h2-6,9-10H,7-8,17H2,1H3. The summed E-state index contributed by atoms with van der Waals surface area (Å²) < 4.78 is 5.17. The number of ether oxygens (including phenoxy) is 1. The van der Waals surface area contributed by atoms with Gasteiger partial charge < -0.3 is 15.4 Å². The molecule has 0 radical (unpaired) electrons. The van der Waals surface area contributed by atoms with Gasteiger partial charge in [0.2, 0.25) is 0 Å². The van der Waals surface area contributed by atoms with E-state index in [1.165, 1.54) is 0 Å².